The molecule has 0 fully saturated rings. The van der Waals surface area contributed by atoms with Crippen LogP contribution >= 0.6 is 0 Å². The summed E-state index contributed by atoms with van der Waals surface area (Å²) in [6.45, 7) is 0. The molecule has 0 aliphatic carbocycles. The number of amidine groups is 1. The molecule has 1 unspecified atom stereocenters. The lowest BCUT2D eigenvalue weighted by atomic mass is 10.3. The zero-order valence-corrected chi connectivity index (χ0v) is 5.61. The maximum absolute atomic E-state index is 10.2. The molecule has 0 bridgehead atoms. The van der Waals surface area contributed by atoms with E-state index in [-0.39, 0.29) is 5.69 Å². The first-order valence-corrected chi connectivity index (χ1v) is 2.95. The summed E-state index contributed by atoms with van der Waals surface area (Å²) in [7, 11) is 0. The molecule has 1 aromatic rings. The number of quaternary nitrogens is 1. The van der Waals surface area contributed by atoms with Crippen LogP contribution in [0.1, 0.15) is 5.69 Å². The average molecular weight is 153 g/mol. The number of aromatic nitrogens is 1. The van der Waals surface area contributed by atoms with Gasteiger partial charge in [0, 0.05) is 6.20 Å². The predicted octanol–water partition coefficient (Wildman–Crippen LogP) is -0.821. The van der Waals surface area contributed by atoms with Gasteiger partial charge >= 0.3 is 0 Å². The molecule has 58 valence electrons. The molecule has 0 aliphatic heterocycles. The lowest BCUT2D eigenvalue weighted by Gasteiger charge is -2.10. The van der Waals surface area contributed by atoms with Crippen molar-refractivity contribution in [2.45, 2.75) is 0 Å². The van der Waals surface area contributed by atoms with E-state index in [1.54, 1.807) is 12.1 Å². The topological polar surface area (TPSA) is 84.5 Å². The molecule has 1 atom stereocenters. The summed E-state index contributed by atoms with van der Waals surface area (Å²) in [5.74, 6) is -0.481. The van der Waals surface area contributed by atoms with E-state index in [2.05, 4.69) is 4.98 Å². The van der Waals surface area contributed by atoms with Crippen LogP contribution in [0.3, 0.4) is 0 Å². The molecule has 0 aliphatic rings. The maximum atomic E-state index is 10.2. The van der Waals surface area contributed by atoms with E-state index in [4.69, 9.17) is 10.6 Å². The van der Waals surface area contributed by atoms with Gasteiger partial charge in [-0.15, -0.1) is 0 Å². The van der Waals surface area contributed by atoms with Crippen molar-refractivity contribution in [1.29, 1.82) is 5.41 Å². The van der Waals surface area contributed by atoms with Gasteiger partial charge in [-0.3, -0.25) is 0 Å². The number of hydroxylamine groups is 2. The molecule has 0 spiro atoms. The van der Waals surface area contributed by atoms with Crippen LogP contribution in [0.15, 0.2) is 24.4 Å². The van der Waals surface area contributed by atoms with Crippen LogP contribution in [-0.2, 0) is 0 Å². The molecule has 5 heteroatoms. The van der Waals surface area contributed by atoms with E-state index >= 15 is 0 Å². The van der Waals surface area contributed by atoms with E-state index in [0.29, 0.717) is 0 Å². The molecule has 0 aromatic carbocycles. The molecule has 1 rings (SSSR count). The summed E-state index contributed by atoms with van der Waals surface area (Å²) in [6.07, 6.45) is 1.45. The van der Waals surface area contributed by atoms with Gasteiger partial charge in [0.15, 0.2) is 0 Å². The number of nitrogens with zero attached hydrogens (tertiary/aromatic N) is 1. The fraction of sp³-hybridized carbons (Fsp3) is 0. The van der Waals surface area contributed by atoms with Gasteiger partial charge in [0.05, 0.1) is 0 Å². The van der Waals surface area contributed by atoms with Gasteiger partial charge in [-0.05, 0) is 12.1 Å². The third-order valence-corrected chi connectivity index (χ3v) is 1.13. The van der Waals surface area contributed by atoms with Gasteiger partial charge in [-0.25, -0.2) is 15.6 Å². The van der Waals surface area contributed by atoms with Crippen molar-refractivity contribution in [2.75, 3.05) is 0 Å². The van der Waals surface area contributed by atoms with Crippen LogP contribution in [0.4, 0.5) is 0 Å². The number of pyridine rings is 1. The fourth-order valence-corrected chi connectivity index (χ4v) is 0.620. The Kier molecular flexibility index (Phi) is 2.27. The van der Waals surface area contributed by atoms with Crippen molar-refractivity contribution >= 4 is 5.84 Å². The summed E-state index contributed by atoms with van der Waals surface area (Å²) in [6, 6.07) is 4.79. The number of rotatable bonds is 1. The normalized spacial score (nSPS) is 12.5. The minimum atomic E-state index is -1.26. The second kappa shape index (κ2) is 3.20. The number of hydrogen-bond acceptors (Lipinski definition) is 4. The summed E-state index contributed by atoms with van der Waals surface area (Å²) >= 11 is 0. The van der Waals surface area contributed by atoms with Gasteiger partial charge in [0.1, 0.15) is 5.69 Å². The van der Waals surface area contributed by atoms with Crippen LogP contribution in [0, 0.1) is 10.6 Å². The zero-order chi connectivity index (χ0) is 8.27. The SMILES string of the molecule is N=C(c1ccccn1)[NH+]([O-])O. The Bertz CT molecular complexity index is 247. The maximum Gasteiger partial charge on any atom is 0.277 e. The average Bonchev–Trinajstić information content (AvgIpc) is 2.05. The van der Waals surface area contributed by atoms with E-state index in [0.717, 1.165) is 0 Å². The van der Waals surface area contributed by atoms with Crippen LogP contribution in [0.25, 0.3) is 0 Å². The first-order chi connectivity index (χ1) is 5.22. The molecule has 5 nitrogen and oxygen atoms in total. The molecule has 3 N–H and O–H groups in total. The van der Waals surface area contributed by atoms with Gasteiger partial charge in [-0.2, -0.15) is 5.23 Å². The van der Waals surface area contributed by atoms with Crippen molar-refractivity contribution in [3.8, 4) is 0 Å². The standard InChI is InChI=1S/C6H7N3O2/c7-6(9(10)11)5-3-1-2-4-8-5/h1-4,7,9-10H. The second-order valence-corrected chi connectivity index (χ2v) is 1.90. The second-order valence-electron chi connectivity index (χ2n) is 1.90. The summed E-state index contributed by atoms with van der Waals surface area (Å²) in [4.78, 5) is 3.69. The third-order valence-electron chi connectivity index (χ3n) is 1.13. The molecular weight excluding hydrogens is 146 g/mol. The minimum Gasteiger partial charge on any atom is -0.594 e. The zero-order valence-electron chi connectivity index (χ0n) is 5.61. The monoisotopic (exact) mass is 153 g/mol. The van der Waals surface area contributed by atoms with Gasteiger partial charge in [0.25, 0.3) is 5.84 Å². The summed E-state index contributed by atoms with van der Waals surface area (Å²) in [5.41, 5.74) is 0.181. The molecule has 11 heavy (non-hydrogen) atoms. The third kappa shape index (κ3) is 1.81. The highest BCUT2D eigenvalue weighted by Crippen LogP contribution is 1.89. The minimum absolute atomic E-state index is 0.181. The molecule has 1 heterocycles. The van der Waals surface area contributed by atoms with E-state index in [1.165, 1.54) is 12.3 Å². The van der Waals surface area contributed by atoms with Gasteiger partial charge < -0.3 is 5.21 Å². The first-order valence-electron chi connectivity index (χ1n) is 2.95. The highest BCUT2D eigenvalue weighted by molar-refractivity contribution is 5.86. The molecular formula is C6H7N3O2. The Morgan fingerprint density at radius 2 is 2.36 bits per heavy atom. The Balaban J connectivity index is 2.86. The molecule has 0 saturated carbocycles. The van der Waals surface area contributed by atoms with E-state index in [9.17, 15) is 5.21 Å². The van der Waals surface area contributed by atoms with Crippen molar-refractivity contribution in [2.24, 2.45) is 0 Å². The van der Waals surface area contributed by atoms with Crippen molar-refractivity contribution in [3.63, 3.8) is 0 Å². The molecule has 0 radical (unpaired) electrons. The smallest absolute Gasteiger partial charge is 0.277 e. The van der Waals surface area contributed by atoms with Crippen LogP contribution in [0.2, 0.25) is 0 Å². The molecule has 1 aromatic heterocycles. The summed E-state index contributed by atoms with van der Waals surface area (Å²) in [5, 5.41) is 24.4. The number of nitrogens with one attached hydrogen (secondary N) is 2. The summed E-state index contributed by atoms with van der Waals surface area (Å²) < 4.78 is 0. The van der Waals surface area contributed by atoms with Gasteiger partial charge in [0.2, 0.25) is 0 Å². The Labute approximate surface area is 63.0 Å². The largest absolute Gasteiger partial charge is 0.594 e. The van der Waals surface area contributed by atoms with Crippen molar-refractivity contribution < 1.29 is 10.4 Å². The lowest BCUT2D eigenvalue weighted by molar-refractivity contribution is -0.968. The highest BCUT2D eigenvalue weighted by atomic mass is 16.8. The quantitative estimate of drug-likeness (QED) is 0.280. The van der Waals surface area contributed by atoms with Gasteiger partial charge in [-0.1, -0.05) is 6.07 Å². The Hall–Kier alpha value is -1.30. The van der Waals surface area contributed by atoms with Crippen molar-refractivity contribution in [1.82, 2.24) is 4.98 Å². The Morgan fingerprint density at radius 1 is 1.64 bits per heavy atom. The number of hydrogen-bond donors (Lipinski definition) is 3. The highest BCUT2D eigenvalue weighted by Gasteiger charge is 2.07. The van der Waals surface area contributed by atoms with E-state index < -0.39 is 11.1 Å². The molecule has 0 amide bonds. The Morgan fingerprint density at radius 3 is 2.82 bits per heavy atom. The fourth-order valence-electron chi connectivity index (χ4n) is 0.620. The van der Waals surface area contributed by atoms with Crippen LogP contribution in [0.5, 0.6) is 0 Å². The first kappa shape index (κ1) is 7.80. The van der Waals surface area contributed by atoms with Crippen LogP contribution < -0.4 is 5.23 Å². The predicted molar refractivity (Wildman–Crippen MR) is 37.2 cm³/mol. The van der Waals surface area contributed by atoms with E-state index in [1.807, 2.05) is 0 Å². The lowest BCUT2D eigenvalue weighted by Crippen LogP contribution is -3.07. The van der Waals surface area contributed by atoms with Crippen molar-refractivity contribution in [3.05, 3.63) is 35.3 Å². The molecule has 0 saturated heterocycles. The van der Waals surface area contributed by atoms with Crippen LogP contribution in [-0.4, -0.2) is 16.0 Å².